The van der Waals surface area contributed by atoms with Crippen molar-refractivity contribution in [1.29, 1.82) is 0 Å². The fourth-order valence-electron chi connectivity index (χ4n) is 4.16. The number of piperidine rings is 1. The molecule has 2 aliphatic heterocycles. The third-order valence-corrected chi connectivity index (χ3v) is 5.48. The fraction of sp³-hybridized carbons (Fsp3) is 0.895. The number of carbonyl (C=O) groups is 1. The molecule has 0 aromatic rings. The quantitative estimate of drug-likeness (QED) is 0.562. The molecule has 6 heteroatoms. The van der Waals surface area contributed by atoms with Gasteiger partial charge in [-0.15, -0.1) is 0 Å². The molecule has 0 aliphatic carbocycles. The predicted octanol–water partition coefficient (Wildman–Crippen LogP) is 3.37. The molecule has 2 heterocycles. The van der Waals surface area contributed by atoms with Crippen LogP contribution in [-0.4, -0.2) is 67.5 Å². The minimum absolute atomic E-state index is 0.154. The van der Waals surface area contributed by atoms with Crippen LogP contribution in [0.25, 0.3) is 0 Å². The highest BCUT2D eigenvalue weighted by molar-refractivity contribution is 5.88. The van der Waals surface area contributed by atoms with E-state index in [2.05, 4.69) is 23.9 Å². The minimum Gasteiger partial charge on any atom is -0.450 e. The van der Waals surface area contributed by atoms with Crippen LogP contribution >= 0.6 is 0 Å². The largest absolute Gasteiger partial charge is 0.450 e. The second-order valence-electron chi connectivity index (χ2n) is 7.43. The fourth-order valence-corrected chi connectivity index (χ4v) is 4.16. The minimum atomic E-state index is -0.154. The van der Waals surface area contributed by atoms with Crippen molar-refractivity contribution in [2.45, 2.75) is 58.9 Å². The average molecular weight is 354 g/mol. The van der Waals surface area contributed by atoms with Gasteiger partial charge in [0.2, 0.25) is 0 Å². The van der Waals surface area contributed by atoms with Crippen molar-refractivity contribution in [3.63, 3.8) is 0 Å². The van der Waals surface area contributed by atoms with Crippen LogP contribution in [0.2, 0.25) is 0 Å². The van der Waals surface area contributed by atoms with Crippen molar-refractivity contribution < 1.29 is 14.4 Å². The molecule has 0 bridgehead atoms. The van der Waals surface area contributed by atoms with Gasteiger partial charge in [-0.2, -0.15) is 0 Å². The molecule has 6 nitrogen and oxygen atoms in total. The maximum atomic E-state index is 11.9. The van der Waals surface area contributed by atoms with E-state index in [4.69, 9.17) is 9.57 Å². The second-order valence-corrected chi connectivity index (χ2v) is 7.43. The topological polar surface area (TPSA) is 54.4 Å². The molecule has 1 amide bonds. The van der Waals surface area contributed by atoms with Crippen LogP contribution < -0.4 is 0 Å². The zero-order valence-electron chi connectivity index (χ0n) is 16.4. The number of oxime groups is 1. The molecule has 1 atom stereocenters. The smallest absolute Gasteiger partial charge is 0.409 e. The Labute approximate surface area is 152 Å². The summed E-state index contributed by atoms with van der Waals surface area (Å²) in [6.45, 7) is 10.6. The van der Waals surface area contributed by atoms with E-state index < -0.39 is 0 Å². The van der Waals surface area contributed by atoms with Crippen molar-refractivity contribution >= 4 is 11.8 Å². The summed E-state index contributed by atoms with van der Waals surface area (Å²) < 4.78 is 5.15. The van der Waals surface area contributed by atoms with Gasteiger partial charge < -0.3 is 19.4 Å². The van der Waals surface area contributed by atoms with Gasteiger partial charge in [0.15, 0.2) is 0 Å². The number of likely N-dealkylation sites (tertiary alicyclic amines) is 2. The van der Waals surface area contributed by atoms with Crippen LogP contribution in [0.15, 0.2) is 5.16 Å². The highest BCUT2D eigenvalue weighted by atomic mass is 16.6. The van der Waals surface area contributed by atoms with Crippen LogP contribution in [0.3, 0.4) is 0 Å². The first-order chi connectivity index (χ1) is 12.1. The van der Waals surface area contributed by atoms with Crippen molar-refractivity contribution in [1.82, 2.24) is 9.80 Å². The first-order valence-electron chi connectivity index (χ1n) is 9.83. The number of ether oxygens (including phenoxy) is 1. The van der Waals surface area contributed by atoms with Gasteiger partial charge in [0.25, 0.3) is 0 Å². The number of amides is 1. The summed E-state index contributed by atoms with van der Waals surface area (Å²) in [5, 5.41) is 4.29. The van der Waals surface area contributed by atoms with Crippen LogP contribution in [0.4, 0.5) is 4.79 Å². The lowest BCUT2D eigenvalue weighted by molar-refractivity contribution is 0.105. The molecular weight excluding hydrogens is 318 g/mol. The van der Waals surface area contributed by atoms with E-state index in [0.717, 1.165) is 51.9 Å². The molecule has 2 saturated heterocycles. The van der Waals surface area contributed by atoms with E-state index in [1.807, 2.05) is 11.8 Å². The van der Waals surface area contributed by atoms with Crippen LogP contribution in [-0.2, 0) is 9.57 Å². The highest BCUT2D eigenvalue weighted by Crippen LogP contribution is 2.27. The second kappa shape index (κ2) is 10.00. The summed E-state index contributed by atoms with van der Waals surface area (Å²) >= 11 is 0. The van der Waals surface area contributed by atoms with Gasteiger partial charge in [-0.1, -0.05) is 19.0 Å². The summed E-state index contributed by atoms with van der Waals surface area (Å²) in [7, 11) is 1.64. The summed E-state index contributed by atoms with van der Waals surface area (Å²) in [6, 6.07) is 0.585. The molecule has 0 aromatic heterocycles. The Bertz CT molecular complexity index is 445. The predicted molar refractivity (Wildman–Crippen MR) is 99.8 cm³/mol. The van der Waals surface area contributed by atoms with E-state index in [9.17, 15) is 4.79 Å². The maximum Gasteiger partial charge on any atom is 0.409 e. The lowest BCUT2D eigenvalue weighted by atomic mass is 9.85. The standard InChI is InChI=1S/C19H35N3O3/c1-5-25-19(23)22-11-6-7-17(10-14-22)21-12-8-16(9-13-21)18(15(2)3)20-24-4/h15-17H,5-14H2,1-4H3/b20-18+. The molecular formula is C19H35N3O3. The molecule has 1 unspecified atom stereocenters. The molecule has 25 heavy (non-hydrogen) atoms. The van der Waals surface area contributed by atoms with Gasteiger partial charge in [-0.25, -0.2) is 4.79 Å². The third-order valence-electron chi connectivity index (χ3n) is 5.48. The van der Waals surface area contributed by atoms with Gasteiger partial charge in [0.1, 0.15) is 7.11 Å². The molecule has 2 rings (SSSR count). The monoisotopic (exact) mass is 353 g/mol. The van der Waals surface area contributed by atoms with Gasteiger partial charge >= 0.3 is 6.09 Å². The molecule has 0 aromatic carbocycles. The van der Waals surface area contributed by atoms with Gasteiger partial charge in [0.05, 0.1) is 12.3 Å². The Morgan fingerprint density at radius 2 is 1.84 bits per heavy atom. The van der Waals surface area contributed by atoms with Crippen molar-refractivity contribution in [2.24, 2.45) is 17.0 Å². The summed E-state index contributed by atoms with van der Waals surface area (Å²) in [5.74, 6) is 0.977. The first kappa shape index (κ1) is 20.0. The summed E-state index contributed by atoms with van der Waals surface area (Å²) in [6.07, 6.45) is 5.43. The van der Waals surface area contributed by atoms with Gasteiger partial charge in [-0.3, -0.25) is 0 Å². The molecule has 2 fully saturated rings. The molecule has 0 saturated carbocycles. The van der Waals surface area contributed by atoms with E-state index in [1.54, 1.807) is 7.11 Å². The summed E-state index contributed by atoms with van der Waals surface area (Å²) in [4.78, 5) is 21.5. The molecule has 2 aliphatic rings. The molecule has 144 valence electrons. The molecule has 0 radical (unpaired) electrons. The van der Waals surface area contributed by atoms with Crippen LogP contribution in [0.5, 0.6) is 0 Å². The van der Waals surface area contributed by atoms with Crippen molar-refractivity contribution in [3.05, 3.63) is 0 Å². The Balaban J connectivity index is 1.84. The van der Waals surface area contributed by atoms with E-state index in [0.29, 0.717) is 24.5 Å². The van der Waals surface area contributed by atoms with E-state index >= 15 is 0 Å². The number of hydrogen-bond acceptors (Lipinski definition) is 5. The third kappa shape index (κ3) is 5.59. The van der Waals surface area contributed by atoms with Crippen LogP contribution in [0, 0.1) is 11.8 Å². The SMILES string of the molecule is CCOC(=O)N1CCCC(N2CCC(/C(=N/OC)C(C)C)CC2)CC1. The lowest BCUT2D eigenvalue weighted by Crippen LogP contribution is -2.44. The van der Waals surface area contributed by atoms with Gasteiger partial charge in [-0.05, 0) is 58.0 Å². The first-order valence-corrected chi connectivity index (χ1v) is 9.83. The van der Waals surface area contributed by atoms with E-state index in [1.165, 1.54) is 12.1 Å². The number of hydrogen-bond donors (Lipinski definition) is 0. The van der Waals surface area contributed by atoms with Gasteiger partial charge in [0, 0.05) is 25.0 Å². The van der Waals surface area contributed by atoms with Crippen molar-refractivity contribution in [2.75, 3.05) is 39.9 Å². The Kier molecular flexibility index (Phi) is 8.00. The Hall–Kier alpha value is -1.30. The summed E-state index contributed by atoms with van der Waals surface area (Å²) in [5.41, 5.74) is 1.21. The van der Waals surface area contributed by atoms with Crippen LogP contribution in [0.1, 0.15) is 52.9 Å². The number of rotatable bonds is 5. The highest BCUT2D eigenvalue weighted by Gasteiger charge is 2.30. The molecule has 0 N–H and O–H groups in total. The average Bonchev–Trinajstić information content (AvgIpc) is 2.86. The number of carbonyl (C=O) groups excluding carboxylic acids is 1. The Morgan fingerprint density at radius 1 is 1.12 bits per heavy atom. The van der Waals surface area contributed by atoms with E-state index in [-0.39, 0.29) is 6.09 Å². The zero-order chi connectivity index (χ0) is 18.2. The zero-order valence-corrected chi connectivity index (χ0v) is 16.4. The lowest BCUT2D eigenvalue weighted by Gasteiger charge is -2.38. The number of nitrogens with zero attached hydrogens (tertiary/aromatic N) is 3. The maximum absolute atomic E-state index is 11.9. The normalized spacial score (nSPS) is 24.3. The van der Waals surface area contributed by atoms with Crippen molar-refractivity contribution in [3.8, 4) is 0 Å². The Morgan fingerprint density at radius 3 is 2.44 bits per heavy atom. The molecule has 0 spiro atoms.